The monoisotopic (exact) mass is 367 g/mol. The van der Waals surface area contributed by atoms with Crippen LogP contribution in [0.5, 0.6) is 0 Å². The molecule has 2 amide bonds. The number of urea groups is 1. The van der Waals surface area contributed by atoms with Crippen molar-refractivity contribution >= 4 is 22.0 Å². The average Bonchev–Trinajstić information content (AvgIpc) is 2.33. The van der Waals surface area contributed by atoms with Crippen molar-refractivity contribution in [3.05, 3.63) is 34.3 Å². The van der Waals surface area contributed by atoms with Crippen molar-refractivity contribution in [2.45, 2.75) is 64.2 Å². The van der Waals surface area contributed by atoms with E-state index < -0.39 is 0 Å². The lowest BCUT2D eigenvalue weighted by atomic mass is 9.80. The standard InChI is InChI=1S/C17H26BrN3O/c1-16(2)9-13(10-17(3,4)21-16)20-15(22)19-11-12-7-5-6-8-14(12)18/h5-8,13,21H,9-11H2,1-4H3,(H2,19,20,22). The Morgan fingerprint density at radius 1 is 1.23 bits per heavy atom. The molecule has 1 aromatic rings. The zero-order valence-corrected chi connectivity index (χ0v) is 15.4. The van der Waals surface area contributed by atoms with Gasteiger partial charge >= 0.3 is 6.03 Å². The van der Waals surface area contributed by atoms with Gasteiger partial charge in [-0.3, -0.25) is 0 Å². The van der Waals surface area contributed by atoms with E-state index in [2.05, 4.69) is 59.6 Å². The van der Waals surface area contributed by atoms with Crippen LogP contribution >= 0.6 is 15.9 Å². The summed E-state index contributed by atoms with van der Waals surface area (Å²) < 4.78 is 1.01. The van der Waals surface area contributed by atoms with Gasteiger partial charge < -0.3 is 16.0 Å². The van der Waals surface area contributed by atoms with Crippen molar-refractivity contribution < 1.29 is 4.79 Å². The number of halogens is 1. The summed E-state index contributed by atoms with van der Waals surface area (Å²) >= 11 is 3.49. The van der Waals surface area contributed by atoms with Gasteiger partial charge in [-0.2, -0.15) is 0 Å². The predicted molar refractivity (Wildman–Crippen MR) is 93.8 cm³/mol. The zero-order chi connectivity index (χ0) is 16.4. The molecule has 0 spiro atoms. The van der Waals surface area contributed by atoms with E-state index in [1.165, 1.54) is 0 Å². The van der Waals surface area contributed by atoms with E-state index in [1.807, 2.05) is 24.3 Å². The van der Waals surface area contributed by atoms with Crippen LogP contribution < -0.4 is 16.0 Å². The van der Waals surface area contributed by atoms with Gasteiger partial charge in [0, 0.05) is 28.1 Å². The highest BCUT2D eigenvalue weighted by Crippen LogP contribution is 2.28. The van der Waals surface area contributed by atoms with E-state index in [0.29, 0.717) is 6.54 Å². The molecule has 0 atom stereocenters. The molecule has 1 fully saturated rings. The molecule has 122 valence electrons. The van der Waals surface area contributed by atoms with Gasteiger partial charge in [0.1, 0.15) is 0 Å². The van der Waals surface area contributed by atoms with Gasteiger partial charge in [-0.05, 0) is 52.2 Å². The summed E-state index contributed by atoms with van der Waals surface area (Å²) in [7, 11) is 0. The van der Waals surface area contributed by atoms with Crippen molar-refractivity contribution in [2.75, 3.05) is 0 Å². The van der Waals surface area contributed by atoms with E-state index in [1.54, 1.807) is 0 Å². The van der Waals surface area contributed by atoms with Crippen molar-refractivity contribution in [2.24, 2.45) is 0 Å². The molecule has 2 rings (SSSR count). The Morgan fingerprint density at radius 3 is 2.41 bits per heavy atom. The summed E-state index contributed by atoms with van der Waals surface area (Å²) in [5.74, 6) is 0. The number of rotatable bonds is 3. The highest BCUT2D eigenvalue weighted by atomic mass is 79.9. The number of hydrogen-bond donors (Lipinski definition) is 3. The molecule has 22 heavy (non-hydrogen) atoms. The van der Waals surface area contributed by atoms with Crippen molar-refractivity contribution in [3.63, 3.8) is 0 Å². The Morgan fingerprint density at radius 2 is 1.82 bits per heavy atom. The molecule has 3 N–H and O–H groups in total. The second kappa shape index (κ2) is 6.59. The molecule has 4 nitrogen and oxygen atoms in total. The van der Waals surface area contributed by atoms with Crippen molar-refractivity contribution in [1.82, 2.24) is 16.0 Å². The molecule has 0 aromatic heterocycles. The van der Waals surface area contributed by atoms with Gasteiger partial charge in [0.15, 0.2) is 0 Å². The zero-order valence-electron chi connectivity index (χ0n) is 13.8. The molecule has 1 heterocycles. The maximum atomic E-state index is 12.2. The molecule has 1 aliphatic rings. The lowest BCUT2D eigenvalue weighted by Gasteiger charge is -2.46. The number of hydrogen-bond acceptors (Lipinski definition) is 2. The second-order valence-corrected chi connectivity index (χ2v) is 8.27. The number of carbonyl (C=O) groups is 1. The first-order valence-electron chi connectivity index (χ1n) is 7.74. The predicted octanol–water partition coefficient (Wildman–Crippen LogP) is 3.56. The van der Waals surface area contributed by atoms with Gasteiger partial charge in [0.2, 0.25) is 0 Å². The molecular formula is C17H26BrN3O. The van der Waals surface area contributed by atoms with Crippen LogP contribution in [0.4, 0.5) is 4.79 Å². The van der Waals surface area contributed by atoms with Crippen LogP contribution in [0.2, 0.25) is 0 Å². The Kier molecular flexibility index (Phi) is 5.17. The van der Waals surface area contributed by atoms with Gasteiger partial charge in [0.25, 0.3) is 0 Å². The number of nitrogens with one attached hydrogen (secondary N) is 3. The van der Waals surface area contributed by atoms with Gasteiger partial charge in [-0.15, -0.1) is 0 Å². The largest absolute Gasteiger partial charge is 0.335 e. The molecule has 0 bridgehead atoms. The summed E-state index contributed by atoms with van der Waals surface area (Å²) in [6.07, 6.45) is 1.86. The van der Waals surface area contributed by atoms with Crippen LogP contribution in [0.1, 0.15) is 46.1 Å². The summed E-state index contributed by atoms with van der Waals surface area (Å²) in [4.78, 5) is 12.2. The molecule has 0 saturated carbocycles. The lowest BCUT2D eigenvalue weighted by molar-refractivity contribution is 0.147. The maximum Gasteiger partial charge on any atom is 0.315 e. The number of amides is 2. The molecular weight excluding hydrogens is 342 g/mol. The Balaban J connectivity index is 1.88. The van der Waals surface area contributed by atoms with Crippen LogP contribution in [0.3, 0.4) is 0 Å². The van der Waals surface area contributed by atoms with Gasteiger partial charge in [-0.25, -0.2) is 4.79 Å². The lowest BCUT2D eigenvalue weighted by Crippen LogP contribution is -2.62. The molecule has 0 aliphatic carbocycles. The minimum absolute atomic E-state index is 0.0299. The van der Waals surface area contributed by atoms with Gasteiger partial charge in [0.05, 0.1) is 0 Å². The van der Waals surface area contributed by atoms with E-state index in [-0.39, 0.29) is 23.2 Å². The second-order valence-electron chi connectivity index (χ2n) is 7.42. The maximum absolute atomic E-state index is 12.2. The fourth-order valence-corrected chi connectivity index (χ4v) is 3.90. The van der Waals surface area contributed by atoms with E-state index >= 15 is 0 Å². The molecule has 1 aliphatic heterocycles. The average molecular weight is 368 g/mol. The van der Waals surface area contributed by atoms with E-state index in [4.69, 9.17) is 0 Å². The minimum Gasteiger partial charge on any atom is -0.335 e. The van der Waals surface area contributed by atoms with Crippen LogP contribution in [-0.4, -0.2) is 23.2 Å². The van der Waals surface area contributed by atoms with Crippen LogP contribution in [-0.2, 0) is 6.54 Å². The third kappa shape index (κ3) is 4.99. The molecule has 5 heteroatoms. The topological polar surface area (TPSA) is 53.2 Å². The van der Waals surface area contributed by atoms with Crippen molar-refractivity contribution in [1.29, 1.82) is 0 Å². The fraction of sp³-hybridized carbons (Fsp3) is 0.588. The van der Waals surface area contributed by atoms with E-state index in [9.17, 15) is 4.79 Å². The first-order valence-corrected chi connectivity index (χ1v) is 8.53. The highest BCUT2D eigenvalue weighted by Gasteiger charge is 2.38. The smallest absolute Gasteiger partial charge is 0.315 e. The van der Waals surface area contributed by atoms with Crippen LogP contribution in [0, 0.1) is 0 Å². The van der Waals surface area contributed by atoms with E-state index in [0.717, 1.165) is 22.9 Å². The quantitative estimate of drug-likeness (QED) is 0.764. The number of benzene rings is 1. The summed E-state index contributed by atoms with van der Waals surface area (Å²) in [6.45, 7) is 9.25. The molecule has 0 unspecified atom stereocenters. The summed E-state index contributed by atoms with van der Waals surface area (Å²) in [6, 6.07) is 8.00. The highest BCUT2D eigenvalue weighted by molar-refractivity contribution is 9.10. The molecule has 0 radical (unpaired) electrons. The SMILES string of the molecule is CC1(C)CC(NC(=O)NCc2ccccc2Br)CC(C)(C)N1. The van der Waals surface area contributed by atoms with Gasteiger partial charge in [-0.1, -0.05) is 34.1 Å². The summed E-state index contributed by atoms with van der Waals surface area (Å²) in [5.41, 5.74) is 1.13. The normalized spacial score (nSPS) is 20.4. The third-order valence-corrected chi connectivity index (χ3v) is 4.70. The molecule has 1 saturated heterocycles. The number of carbonyl (C=O) groups excluding carboxylic acids is 1. The van der Waals surface area contributed by atoms with Crippen molar-refractivity contribution in [3.8, 4) is 0 Å². The molecule has 1 aromatic carbocycles. The Bertz CT molecular complexity index is 526. The first kappa shape index (κ1) is 17.3. The minimum atomic E-state index is -0.103. The Labute approximate surface area is 141 Å². The first-order chi connectivity index (χ1) is 10.2. The Hall–Kier alpha value is -1.07. The van der Waals surface area contributed by atoms with Crippen LogP contribution in [0.15, 0.2) is 28.7 Å². The third-order valence-electron chi connectivity index (χ3n) is 3.92. The fourth-order valence-electron chi connectivity index (χ4n) is 3.48. The van der Waals surface area contributed by atoms with Crippen LogP contribution in [0.25, 0.3) is 0 Å². The number of piperidine rings is 1. The summed E-state index contributed by atoms with van der Waals surface area (Å²) in [5, 5.41) is 9.68.